The monoisotopic (exact) mass is 287 g/mol. The van der Waals surface area contributed by atoms with Crippen LogP contribution in [0.4, 0.5) is 18.0 Å². The molecule has 0 saturated carbocycles. The first kappa shape index (κ1) is 14.9. The van der Waals surface area contributed by atoms with Crippen LogP contribution in [0.3, 0.4) is 0 Å². The Bertz CT molecular complexity index is 336. The van der Waals surface area contributed by atoms with Gasteiger partial charge in [-0.05, 0) is 6.42 Å². The van der Waals surface area contributed by atoms with Crippen molar-refractivity contribution in [2.45, 2.75) is 30.9 Å². The number of nitrogens with zero attached hydrogens (tertiary/aromatic N) is 1. The largest absolute Gasteiger partial charge is 0.480 e. The second-order valence-electron chi connectivity index (χ2n) is 3.63. The molecule has 1 fully saturated rings. The smallest absolute Gasteiger partial charge is 0.422 e. The lowest BCUT2D eigenvalue weighted by Gasteiger charge is -2.25. The fourth-order valence-corrected chi connectivity index (χ4v) is 2.87. The van der Waals surface area contributed by atoms with Crippen molar-refractivity contribution in [3.8, 4) is 0 Å². The summed E-state index contributed by atoms with van der Waals surface area (Å²) in [5.41, 5.74) is 0. The van der Waals surface area contributed by atoms with Crippen molar-refractivity contribution in [1.82, 2.24) is 4.90 Å². The molecule has 9 heteroatoms. The first-order valence-corrected chi connectivity index (χ1v) is 6.17. The van der Waals surface area contributed by atoms with E-state index in [9.17, 15) is 22.8 Å². The van der Waals surface area contributed by atoms with E-state index in [0.29, 0.717) is 6.42 Å². The summed E-state index contributed by atoms with van der Waals surface area (Å²) < 4.78 is 39.8. The number of aliphatic carboxylic acids is 1. The number of hydrogen-bond donors (Lipinski definition) is 1. The Morgan fingerprint density at radius 2 is 2.11 bits per heavy atom. The summed E-state index contributed by atoms with van der Waals surface area (Å²) in [5, 5.41) is 8.42. The van der Waals surface area contributed by atoms with Crippen LogP contribution in [0.25, 0.3) is 0 Å². The van der Waals surface area contributed by atoms with Gasteiger partial charge in [0.2, 0.25) is 0 Å². The fourth-order valence-electron chi connectivity index (χ4n) is 1.53. The molecule has 0 radical (unpaired) electrons. The molecule has 1 amide bonds. The molecule has 1 rings (SSSR count). The van der Waals surface area contributed by atoms with E-state index >= 15 is 0 Å². The maximum atomic E-state index is 11.9. The Morgan fingerprint density at radius 1 is 1.50 bits per heavy atom. The highest BCUT2D eigenvalue weighted by molar-refractivity contribution is 8.00. The normalized spacial score (nSPS) is 24.1. The second-order valence-corrected chi connectivity index (χ2v) is 4.84. The molecule has 2 atom stereocenters. The van der Waals surface area contributed by atoms with Crippen LogP contribution in [-0.2, 0) is 9.53 Å². The van der Waals surface area contributed by atoms with Crippen molar-refractivity contribution >= 4 is 23.8 Å². The summed E-state index contributed by atoms with van der Waals surface area (Å²) >= 11 is 1.21. The molecule has 0 spiro atoms. The number of alkyl halides is 3. The number of hydrogen-bond acceptors (Lipinski definition) is 4. The maximum absolute atomic E-state index is 11.9. The van der Waals surface area contributed by atoms with Crippen molar-refractivity contribution < 1.29 is 32.6 Å². The van der Waals surface area contributed by atoms with E-state index in [0.717, 1.165) is 4.90 Å². The van der Waals surface area contributed by atoms with E-state index in [1.807, 2.05) is 0 Å². The van der Waals surface area contributed by atoms with Crippen molar-refractivity contribution in [3.05, 3.63) is 0 Å². The molecule has 0 aromatic rings. The highest BCUT2D eigenvalue weighted by Crippen LogP contribution is 2.32. The molecule has 104 valence electrons. The van der Waals surface area contributed by atoms with Crippen LogP contribution in [0.1, 0.15) is 13.3 Å². The Balaban J connectivity index is 2.69. The zero-order valence-electron chi connectivity index (χ0n) is 9.44. The Kier molecular flexibility index (Phi) is 4.71. The van der Waals surface area contributed by atoms with Gasteiger partial charge in [-0.25, -0.2) is 9.59 Å². The van der Waals surface area contributed by atoms with E-state index in [1.165, 1.54) is 11.8 Å². The molecule has 0 aromatic heterocycles. The summed E-state index contributed by atoms with van der Waals surface area (Å²) in [6.07, 6.45) is -5.42. The molecule has 0 aromatic carbocycles. The van der Waals surface area contributed by atoms with Crippen LogP contribution < -0.4 is 0 Å². The molecule has 2 unspecified atom stereocenters. The second kappa shape index (κ2) is 5.68. The van der Waals surface area contributed by atoms with Gasteiger partial charge >= 0.3 is 18.2 Å². The van der Waals surface area contributed by atoms with Crippen molar-refractivity contribution in [1.29, 1.82) is 0 Å². The Labute approximate surface area is 105 Å². The summed E-state index contributed by atoms with van der Waals surface area (Å²) in [5.74, 6) is -1.10. The van der Waals surface area contributed by atoms with Gasteiger partial charge in [-0.3, -0.25) is 4.90 Å². The van der Waals surface area contributed by atoms with Gasteiger partial charge in [-0.2, -0.15) is 13.2 Å². The van der Waals surface area contributed by atoms with E-state index in [4.69, 9.17) is 5.11 Å². The Hall–Kier alpha value is -1.12. The average Bonchev–Trinajstić information content (AvgIpc) is 2.68. The molecule has 18 heavy (non-hydrogen) atoms. The zero-order chi connectivity index (χ0) is 13.9. The number of carbonyl (C=O) groups excluding carboxylic acids is 1. The zero-order valence-corrected chi connectivity index (χ0v) is 10.3. The highest BCUT2D eigenvalue weighted by Gasteiger charge is 2.43. The van der Waals surface area contributed by atoms with E-state index in [1.54, 1.807) is 6.92 Å². The van der Waals surface area contributed by atoms with Crippen LogP contribution in [-0.4, -0.2) is 52.0 Å². The number of rotatable bonds is 3. The van der Waals surface area contributed by atoms with Crippen LogP contribution in [0.5, 0.6) is 0 Å². The topological polar surface area (TPSA) is 66.8 Å². The van der Waals surface area contributed by atoms with E-state index in [2.05, 4.69) is 4.74 Å². The molecular weight excluding hydrogens is 275 g/mol. The third-order valence-electron chi connectivity index (χ3n) is 2.30. The van der Waals surface area contributed by atoms with Gasteiger partial charge < -0.3 is 9.84 Å². The van der Waals surface area contributed by atoms with Gasteiger partial charge in [-0.15, -0.1) is 11.8 Å². The molecule has 1 N–H and O–H groups in total. The molecule has 0 bridgehead atoms. The predicted molar refractivity (Wildman–Crippen MR) is 57.2 cm³/mol. The minimum atomic E-state index is -4.62. The van der Waals surface area contributed by atoms with Crippen LogP contribution in [0.2, 0.25) is 0 Å². The van der Waals surface area contributed by atoms with Gasteiger partial charge in [-0.1, -0.05) is 6.92 Å². The lowest BCUT2D eigenvalue weighted by Crippen LogP contribution is -2.46. The lowest BCUT2D eigenvalue weighted by molar-refractivity contribution is -0.163. The summed E-state index contributed by atoms with van der Waals surface area (Å²) in [7, 11) is 0. The van der Waals surface area contributed by atoms with Crippen LogP contribution >= 0.6 is 11.8 Å². The number of carboxylic acid groups (broad SMARTS) is 1. The summed E-state index contributed by atoms with van der Waals surface area (Å²) in [6.45, 7) is 0.00170. The number of carbonyl (C=O) groups is 2. The third-order valence-corrected chi connectivity index (χ3v) is 3.75. The van der Waals surface area contributed by atoms with Gasteiger partial charge in [0.05, 0.1) is 5.37 Å². The first-order chi connectivity index (χ1) is 8.26. The number of halogens is 3. The quantitative estimate of drug-likeness (QED) is 0.859. The summed E-state index contributed by atoms with van der Waals surface area (Å²) in [6, 6.07) is -1.14. The SMILES string of the molecule is CCC1SCC(C(=O)O)N1C(=O)OCC(F)(F)F. The van der Waals surface area contributed by atoms with E-state index in [-0.39, 0.29) is 5.75 Å². The standard InChI is InChI=1S/C9H12F3NO4S/c1-2-6-13(5(3-18-6)7(14)15)8(16)17-4-9(10,11)12/h5-6H,2-4H2,1H3,(H,14,15). The van der Waals surface area contributed by atoms with Gasteiger partial charge in [0.15, 0.2) is 6.61 Å². The number of ether oxygens (including phenoxy) is 1. The molecule has 1 saturated heterocycles. The van der Waals surface area contributed by atoms with Crippen molar-refractivity contribution in [3.63, 3.8) is 0 Å². The first-order valence-electron chi connectivity index (χ1n) is 5.12. The molecule has 0 aliphatic carbocycles. The van der Waals surface area contributed by atoms with Gasteiger partial charge in [0, 0.05) is 5.75 Å². The van der Waals surface area contributed by atoms with Crippen molar-refractivity contribution in [2.24, 2.45) is 0 Å². The maximum Gasteiger partial charge on any atom is 0.422 e. The minimum Gasteiger partial charge on any atom is -0.480 e. The molecule has 1 aliphatic heterocycles. The lowest BCUT2D eigenvalue weighted by atomic mass is 10.3. The van der Waals surface area contributed by atoms with Crippen molar-refractivity contribution in [2.75, 3.05) is 12.4 Å². The number of thioether (sulfide) groups is 1. The van der Waals surface area contributed by atoms with Crippen LogP contribution in [0.15, 0.2) is 0 Å². The number of amides is 1. The van der Waals surface area contributed by atoms with Gasteiger partial charge in [0.1, 0.15) is 6.04 Å². The molecule has 1 heterocycles. The molecule has 1 aliphatic rings. The molecular formula is C9H12F3NO4S. The average molecular weight is 287 g/mol. The third kappa shape index (κ3) is 3.69. The fraction of sp³-hybridized carbons (Fsp3) is 0.778. The van der Waals surface area contributed by atoms with Gasteiger partial charge in [0.25, 0.3) is 0 Å². The number of carboxylic acids is 1. The molecule has 5 nitrogen and oxygen atoms in total. The summed E-state index contributed by atoms with van der Waals surface area (Å²) in [4.78, 5) is 23.3. The van der Waals surface area contributed by atoms with Crippen LogP contribution in [0, 0.1) is 0 Å². The van der Waals surface area contributed by atoms with E-state index < -0.39 is 36.3 Å². The minimum absolute atomic E-state index is 0.148. The Morgan fingerprint density at radius 3 is 2.56 bits per heavy atom. The predicted octanol–water partition coefficient (Wildman–Crippen LogP) is 1.92. The highest BCUT2D eigenvalue weighted by atomic mass is 32.2.